The highest BCUT2D eigenvalue weighted by Crippen LogP contribution is 2.30. The predicted octanol–water partition coefficient (Wildman–Crippen LogP) is 9.10. The van der Waals surface area contributed by atoms with Crippen molar-refractivity contribution < 1.29 is 74.7 Å². The fraction of sp³-hybridized carbons (Fsp3) is 0.224. The number of nitrogen functional groups attached to an aromatic ring is 2. The smallest absolute Gasteiger partial charge is 0.389 e. The number of carbonyl (C=O) groups is 4. The molecule has 5 rings (SSSR count). The van der Waals surface area contributed by atoms with E-state index in [1.165, 1.54) is 127 Å². The molecule has 0 amide bonds. The van der Waals surface area contributed by atoms with Crippen LogP contribution in [-0.2, 0) is 9.59 Å². The second-order valence-electron chi connectivity index (χ2n) is 14.9. The highest BCUT2D eigenvalue weighted by Gasteiger charge is 2.36. The van der Waals surface area contributed by atoms with Crippen LogP contribution in [-0.4, -0.2) is 71.5 Å². The molecule has 18 heteroatoms. The van der Waals surface area contributed by atoms with Gasteiger partial charge in [0.15, 0.2) is 11.6 Å². The molecule has 12 nitrogen and oxygen atoms in total. The molecule has 2 atom stereocenters. The van der Waals surface area contributed by atoms with Crippen molar-refractivity contribution in [1.29, 1.82) is 0 Å². The third kappa shape index (κ3) is 16.5. The summed E-state index contributed by atoms with van der Waals surface area (Å²) in [7, 11) is 0. The van der Waals surface area contributed by atoms with Gasteiger partial charge in [-0.05, 0) is 133 Å². The average molecular weight is 935 g/mol. The van der Waals surface area contributed by atoms with Crippen molar-refractivity contribution in [1.82, 2.24) is 0 Å². The summed E-state index contributed by atoms with van der Waals surface area (Å²) >= 11 is 0. The first-order chi connectivity index (χ1) is 31.7. The number of hydrogen-bond donors (Lipinski definition) is 4. The zero-order chi connectivity index (χ0) is 48.7. The number of ether oxygens (including phenoxy) is 4. The van der Waals surface area contributed by atoms with Crippen molar-refractivity contribution in [2.75, 3.05) is 24.7 Å². The number of halogens is 6. The van der Waals surface area contributed by atoms with E-state index in [9.17, 15) is 55.7 Å². The van der Waals surface area contributed by atoms with E-state index in [0.29, 0.717) is 11.1 Å². The van der Waals surface area contributed by atoms with E-state index < -0.39 is 66.8 Å². The number of esters is 2. The first kappa shape index (κ1) is 50.6. The Kier molecular flexibility index (Phi) is 17.5. The highest BCUT2D eigenvalue weighted by atomic mass is 19.4. The van der Waals surface area contributed by atoms with E-state index in [0.717, 1.165) is 12.2 Å². The summed E-state index contributed by atoms with van der Waals surface area (Å²) in [4.78, 5) is 52.1. The van der Waals surface area contributed by atoms with Crippen LogP contribution in [0.5, 0.6) is 23.0 Å². The number of benzene rings is 5. The van der Waals surface area contributed by atoms with Crippen molar-refractivity contribution >= 4 is 47.0 Å². The number of nitrogens with two attached hydrogens (primary N) is 2. The first-order valence-electron chi connectivity index (χ1n) is 20.4. The molecule has 5 aromatic rings. The number of carbonyl (C=O) groups excluding carboxylic acids is 4. The Balaban J connectivity index is 1.17. The lowest BCUT2D eigenvalue weighted by molar-refractivity contribution is -0.137. The molecule has 0 saturated heterocycles. The molecule has 0 radical (unpaired) electrons. The number of anilines is 2. The number of aliphatic hydroxyl groups is 2. The van der Waals surface area contributed by atoms with Gasteiger partial charge in [-0.2, -0.15) is 26.3 Å². The molecular weight excluding hydrogens is 891 g/mol. The average Bonchev–Trinajstić information content (AvgIpc) is 3.28. The second-order valence-corrected chi connectivity index (χ2v) is 14.9. The van der Waals surface area contributed by atoms with Crippen molar-refractivity contribution in [3.8, 4) is 23.0 Å². The van der Waals surface area contributed by atoms with E-state index in [1.807, 2.05) is 0 Å². The first-order valence-corrected chi connectivity index (χ1v) is 20.4. The topological polar surface area (TPSA) is 198 Å². The Bertz CT molecular complexity index is 2350. The maximum absolute atomic E-state index is 13.4. The van der Waals surface area contributed by atoms with Crippen LogP contribution >= 0.6 is 0 Å². The summed E-state index contributed by atoms with van der Waals surface area (Å²) < 4.78 is 95.4. The summed E-state index contributed by atoms with van der Waals surface area (Å²) in [5, 5.41) is 22.6. The molecule has 0 aliphatic heterocycles. The number of ketones is 2. The molecule has 5 aromatic carbocycles. The van der Waals surface area contributed by atoms with E-state index in [2.05, 4.69) is 0 Å². The minimum Gasteiger partial charge on any atom is -0.494 e. The molecule has 352 valence electrons. The van der Waals surface area contributed by atoms with Gasteiger partial charge in [0, 0.05) is 24.2 Å². The summed E-state index contributed by atoms with van der Waals surface area (Å²) in [6.45, 7) is -0.305. The normalized spacial score (nSPS) is 13.2. The van der Waals surface area contributed by atoms with Crippen LogP contribution in [0.2, 0.25) is 0 Å². The van der Waals surface area contributed by atoms with Gasteiger partial charge in [-0.25, -0.2) is 9.59 Å². The molecule has 0 saturated carbocycles. The zero-order valence-corrected chi connectivity index (χ0v) is 35.3. The predicted molar refractivity (Wildman–Crippen MR) is 235 cm³/mol. The van der Waals surface area contributed by atoms with Crippen LogP contribution in [0.3, 0.4) is 0 Å². The Morgan fingerprint density at radius 1 is 0.522 bits per heavy atom. The van der Waals surface area contributed by atoms with Crippen molar-refractivity contribution in [2.24, 2.45) is 0 Å². The lowest BCUT2D eigenvalue weighted by atomic mass is 9.83. The van der Waals surface area contributed by atoms with Gasteiger partial charge in [0.25, 0.3) is 0 Å². The SMILES string of the molecule is Nc1cc(N)cc(C(C(O)C(=O)/C=C/c2ccc(OC(=O)c3ccc(OCCCC(F)(F)F)cc3)cc2)C(O)C(=O)/C=C/c2ccc(OC(=O)c3ccc(OCCCC(F)(F)F)cc3)cc2)c1. The monoisotopic (exact) mass is 934 g/mol. The minimum atomic E-state index is -4.28. The fourth-order valence-corrected chi connectivity index (χ4v) is 6.27. The van der Waals surface area contributed by atoms with Crippen molar-refractivity contribution in [2.45, 2.75) is 56.2 Å². The molecule has 0 bridgehead atoms. The van der Waals surface area contributed by atoms with Crippen LogP contribution in [0.15, 0.2) is 127 Å². The molecule has 0 fully saturated rings. The van der Waals surface area contributed by atoms with E-state index in [4.69, 9.17) is 30.4 Å². The Labute approximate surface area is 380 Å². The van der Waals surface area contributed by atoms with Crippen LogP contribution in [0.1, 0.15) is 69.0 Å². The van der Waals surface area contributed by atoms with Gasteiger partial charge < -0.3 is 40.6 Å². The molecule has 0 heterocycles. The summed E-state index contributed by atoms with van der Waals surface area (Å²) in [5.41, 5.74) is 13.5. The zero-order valence-electron chi connectivity index (χ0n) is 35.3. The van der Waals surface area contributed by atoms with Crippen LogP contribution in [0, 0.1) is 0 Å². The lowest BCUT2D eigenvalue weighted by Crippen LogP contribution is -2.38. The highest BCUT2D eigenvalue weighted by molar-refractivity contribution is 6.01. The van der Waals surface area contributed by atoms with E-state index in [1.54, 1.807) is 0 Å². The van der Waals surface area contributed by atoms with Crippen LogP contribution in [0.4, 0.5) is 37.7 Å². The Hall–Kier alpha value is -7.44. The Morgan fingerprint density at radius 2 is 0.866 bits per heavy atom. The van der Waals surface area contributed by atoms with Crippen molar-refractivity contribution in [3.63, 3.8) is 0 Å². The van der Waals surface area contributed by atoms with Gasteiger partial charge in [0.05, 0.1) is 30.3 Å². The third-order valence-corrected chi connectivity index (χ3v) is 9.64. The maximum atomic E-state index is 13.4. The molecule has 0 aliphatic rings. The number of aliphatic hydroxyl groups excluding tert-OH is 2. The van der Waals surface area contributed by atoms with Gasteiger partial charge in [-0.1, -0.05) is 36.4 Å². The van der Waals surface area contributed by atoms with Crippen LogP contribution in [0.25, 0.3) is 12.2 Å². The van der Waals surface area contributed by atoms with Crippen molar-refractivity contribution in [3.05, 3.63) is 155 Å². The molecule has 6 N–H and O–H groups in total. The number of hydrogen-bond acceptors (Lipinski definition) is 12. The van der Waals surface area contributed by atoms with Gasteiger partial charge >= 0.3 is 24.3 Å². The van der Waals surface area contributed by atoms with Gasteiger partial charge in [0.1, 0.15) is 35.2 Å². The molecule has 2 unspecified atom stereocenters. The van der Waals surface area contributed by atoms with Gasteiger partial charge in [-0.3, -0.25) is 9.59 Å². The number of rotatable bonds is 21. The van der Waals surface area contributed by atoms with Gasteiger partial charge in [-0.15, -0.1) is 0 Å². The van der Waals surface area contributed by atoms with Crippen LogP contribution < -0.4 is 30.4 Å². The largest absolute Gasteiger partial charge is 0.494 e. The summed E-state index contributed by atoms with van der Waals surface area (Å²) in [6.07, 6.45) is -10.1. The fourth-order valence-electron chi connectivity index (χ4n) is 6.27. The lowest BCUT2D eigenvalue weighted by Gasteiger charge is -2.26. The third-order valence-electron chi connectivity index (χ3n) is 9.64. The molecular formula is C49H44F6N2O10. The molecule has 67 heavy (non-hydrogen) atoms. The summed E-state index contributed by atoms with van der Waals surface area (Å²) in [6, 6.07) is 27.3. The quantitative estimate of drug-likeness (QED) is 0.0136. The molecule has 0 aromatic heterocycles. The van der Waals surface area contributed by atoms with E-state index >= 15 is 0 Å². The van der Waals surface area contributed by atoms with E-state index in [-0.39, 0.29) is 77.1 Å². The standard InChI is InChI=1S/C49H44F6N2O10/c50-48(51,52)23-1-25-64-37-17-9-32(10-18-37)46(62)66-39-13-3-30(4-14-39)7-21-41(58)44(60)43(34-27-35(56)29-36(57)28-34)45(61)42(59)22-8-31-5-15-40(16-6-31)67-47(63)33-11-19-38(20-12-33)65-26-2-24-49(53,54)55/h3-22,27-29,43-45,60-61H,1-2,23-26,56-57H2/b21-7+,22-8+. The molecule has 0 spiro atoms. The summed E-state index contributed by atoms with van der Waals surface area (Å²) in [5.74, 6) is -3.91. The molecule has 0 aliphatic carbocycles. The maximum Gasteiger partial charge on any atom is 0.389 e. The van der Waals surface area contributed by atoms with Gasteiger partial charge in [0.2, 0.25) is 0 Å². The number of alkyl halides is 6. The second kappa shape index (κ2) is 23.1. The Morgan fingerprint density at radius 3 is 1.21 bits per heavy atom. The minimum absolute atomic E-state index is 0.101.